The second-order valence-electron chi connectivity index (χ2n) is 5.20. The summed E-state index contributed by atoms with van der Waals surface area (Å²) in [6, 6.07) is -0.876. The summed E-state index contributed by atoms with van der Waals surface area (Å²) in [4.78, 5) is 24.3. The van der Waals surface area contributed by atoms with E-state index < -0.39 is 18.1 Å². The maximum Gasteiger partial charge on any atom is 0.326 e. The molecule has 0 aromatic heterocycles. The summed E-state index contributed by atoms with van der Waals surface area (Å²) in [5, 5.41) is 18.8. The van der Waals surface area contributed by atoms with Crippen LogP contribution in [0.4, 0.5) is 0 Å². The third-order valence-electron chi connectivity index (χ3n) is 3.52. The Balaban J connectivity index is 0. The van der Waals surface area contributed by atoms with Crippen molar-refractivity contribution in [3.8, 4) is 0 Å². The first kappa shape index (κ1) is 25.5. The van der Waals surface area contributed by atoms with Gasteiger partial charge in [-0.15, -0.1) is 0 Å². The maximum absolute atomic E-state index is 12.0. The molecular formula is C13H23NNaO4S2Zn. The summed E-state index contributed by atoms with van der Waals surface area (Å²) >= 11 is 8.57. The first-order valence-electron chi connectivity index (χ1n) is 6.95. The number of carboxylic acids is 1. The fourth-order valence-electron chi connectivity index (χ4n) is 2.42. The van der Waals surface area contributed by atoms with Crippen LogP contribution in [0.1, 0.15) is 38.5 Å². The monoisotopic (exact) mass is 408 g/mol. The fraction of sp³-hybridized carbons (Fsp3) is 0.846. The minimum Gasteiger partial charge on any atom is -0.480 e. The number of hydrogen-bond donors (Lipinski definition) is 4. The van der Waals surface area contributed by atoms with Crippen LogP contribution in [0, 0.1) is 0 Å². The van der Waals surface area contributed by atoms with E-state index in [0.29, 0.717) is 11.7 Å². The van der Waals surface area contributed by atoms with E-state index in [-0.39, 0.29) is 67.9 Å². The predicted molar refractivity (Wildman–Crippen MR) is 89.2 cm³/mol. The van der Waals surface area contributed by atoms with Crippen molar-refractivity contribution in [2.45, 2.75) is 55.9 Å². The number of thiol groups is 2. The molecule has 0 aromatic rings. The van der Waals surface area contributed by atoms with E-state index in [9.17, 15) is 14.7 Å². The molecule has 1 aliphatic heterocycles. The van der Waals surface area contributed by atoms with Crippen LogP contribution in [-0.2, 0) is 29.1 Å². The molecule has 0 bridgehead atoms. The molecule has 1 unspecified atom stereocenters. The molecule has 119 valence electrons. The number of hydrogen-bond acceptors (Lipinski definition) is 5. The van der Waals surface area contributed by atoms with Gasteiger partial charge in [0.15, 0.2) is 0 Å². The van der Waals surface area contributed by atoms with Gasteiger partial charge < -0.3 is 15.1 Å². The maximum atomic E-state index is 12.0. The van der Waals surface area contributed by atoms with Gasteiger partial charge >= 0.3 is 5.97 Å². The van der Waals surface area contributed by atoms with E-state index in [1.54, 1.807) is 0 Å². The first-order valence-corrected chi connectivity index (χ1v) is 8.09. The van der Waals surface area contributed by atoms with Gasteiger partial charge in [-0.2, -0.15) is 25.3 Å². The third-order valence-corrected chi connectivity index (χ3v) is 4.30. The predicted octanol–water partition coefficient (Wildman–Crippen LogP) is 0.828. The smallest absolute Gasteiger partial charge is 0.326 e. The van der Waals surface area contributed by atoms with Crippen molar-refractivity contribution >= 4 is 66.7 Å². The molecule has 0 aliphatic carbocycles. The molecule has 1 saturated heterocycles. The van der Waals surface area contributed by atoms with Gasteiger partial charge in [-0.1, -0.05) is 6.42 Å². The number of nitrogens with zero attached hydrogens (tertiary/aromatic N) is 1. The Labute approximate surface area is 177 Å². The normalized spacial score (nSPS) is 21.7. The van der Waals surface area contributed by atoms with Crippen molar-refractivity contribution in [1.82, 2.24) is 4.90 Å². The zero-order valence-corrected chi connectivity index (χ0v) is 19.9. The Hall–Kier alpha value is 1.22. The largest absolute Gasteiger partial charge is 0.480 e. The number of carbonyl (C=O) groups excluding carboxylic acids is 1. The Morgan fingerprint density at radius 1 is 1.27 bits per heavy atom. The number of aliphatic hydroxyl groups is 1. The van der Waals surface area contributed by atoms with E-state index in [1.165, 1.54) is 4.90 Å². The second kappa shape index (κ2) is 13.5. The molecule has 1 amide bonds. The van der Waals surface area contributed by atoms with Crippen LogP contribution in [0.25, 0.3) is 0 Å². The van der Waals surface area contributed by atoms with E-state index in [0.717, 1.165) is 31.4 Å². The number of unbranched alkanes of at least 4 members (excludes halogenated alkanes) is 1. The van der Waals surface area contributed by atoms with Crippen molar-refractivity contribution in [3.63, 3.8) is 0 Å². The van der Waals surface area contributed by atoms with Gasteiger partial charge in [-0.05, 0) is 25.0 Å². The number of carbonyl (C=O) groups is 2. The van der Waals surface area contributed by atoms with Crippen LogP contribution < -0.4 is 0 Å². The van der Waals surface area contributed by atoms with Crippen LogP contribution >= 0.6 is 25.3 Å². The minimum atomic E-state index is -1.04. The van der Waals surface area contributed by atoms with Crippen molar-refractivity contribution in [1.29, 1.82) is 0 Å². The number of aliphatic hydroxyl groups excluding tert-OH is 1. The molecule has 0 saturated carbocycles. The van der Waals surface area contributed by atoms with Crippen LogP contribution in [0.15, 0.2) is 0 Å². The number of likely N-dealkylation sites (tertiary alicyclic amines) is 1. The summed E-state index contributed by atoms with van der Waals surface area (Å²) < 4.78 is 0. The summed E-state index contributed by atoms with van der Waals surface area (Å²) in [6.07, 6.45) is 3.22. The summed E-state index contributed by atoms with van der Waals surface area (Å²) in [6.45, 7) is 0.130. The molecule has 22 heavy (non-hydrogen) atoms. The van der Waals surface area contributed by atoms with Crippen molar-refractivity contribution in [2.75, 3.05) is 12.3 Å². The van der Waals surface area contributed by atoms with Gasteiger partial charge in [0.1, 0.15) is 6.04 Å². The molecule has 9 heteroatoms. The van der Waals surface area contributed by atoms with E-state index in [1.807, 2.05) is 0 Å². The molecular weight excluding hydrogens is 387 g/mol. The molecule has 1 rings (SSSR count). The molecule has 2 N–H and O–H groups in total. The van der Waals surface area contributed by atoms with Crippen LogP contribution in [0.5, 0.6) is 0 Å². The molecule has 1 aliphatic rings. The van der Waals surface area contributed by atoms with Gasteiger partial charge in [0.25, 0.3) is 0 Å². The molecule has 1 radical (unpaired) electrons. The van der Waals surface area contributed by atoms with Gasteiger partial charge in [0, 0.05) is 73.7 Å². The molecule has 1 fully saturated rings. The molecule has 1 heterocycles. The summed E-state index contributed by atoms with van der Waals surface area (Å²) in [5.74, 6) is -0.419. The minimum absolute atomic E-state index is 0. The van der Waals surface area contributed by atoms with Gasteiger partial charge in [-0.25, -0.2) is 4.79 Å². The van der Waals surface area contributed by atoms with Gasteiger partial charge in [-0.3, -0.25) is 4.79 Å². The van der Waals surface area contributed by atoms with Gasteiger partial charge in [0.2, 0.25) is 5.91 Å². The third kappa shape index (κ3) is 8.90. The first-order chi connectivity index (χ1) is 9.45. The number of carboxylic acid groups (broad SMARTS) is 1. The molecule has 3 atom stereocenters. The Morgan fingerprint density at radius 3 is 2.45 bits per heavy atom. The molecule has 0 spiro atoms. The number of rotatable bonds is 8. The zero-order valence-electron chi connectivity index (χ0n) is 13.1. The SMILES string of the molecule is O=C(O)[C@@H]1C[C@@H](O)CN1C(=O)CCCCC(S)CCS.[Na].[Zn]. The van der Waals surface area contributed by atoms with Gasteiger partial charge in [0.05, 0.1) is 6.10 Å². The van der Waals surface area contributed by atoms with Crippen LogP contribution in [-0.4, -0.2) is 86.2 Å². The fourth-order valence-corrected chi connectivity index (χ4v) is 3.24. The standard InChI is InChI=1S/C13H23NO4S2.Na.Zn/c15-9-7-11(13(17)18)14(8-9)12(16)4-2-1-3-10(20)5-6-19;;/h9-11,15,19-20H,1-8H2,(H,17,18);;/t9-,10?,11+;;/m1../s1. The van der Waals surface area contributed by atoms with E-state index in [4.69, 9.17) is 5.11 Å². The Morgan fingerprint density at radius 2 is 1.91 bits per heavy atom. The number of amides is 1. The van der Waals surface area contributed by atoms with Crippen molar-refractivity contribution in [2.24, 2.45) is 0 Å². The Bertz CT molecular complexity index is 352. The quantitative estimate of drug-likeness (QED) is 0.272. The molecule has 0 aromatic carbocycles. The molecule has 5 nitrogen and oxygen atoms in total. The number of β-amino-alcohol motifs (C(OH)–C–C–N with tert-alkyl or cyclic N) is 1. The average Bonchev–Trinajstić information content (AvgIpc) is 2.77. The van der Waals surface area contributed by atoms with E-state index in [2.05, 4.69) is 25.3 Å². The topological polar surface area (TPSA) is 77.8 Å². The van der Waals surface area contributed by atoms with Crippen LogP contribution in [0.2, 0.25) is 0 Å². The second-order valence-corrected chi connectivity index (χ2v) is 6.38. The summed E-state index contributed by atoms with van der Waals surface area (Å²) in [5.41, 5.74) is 0. The van der Waals surface area contributed by atoms with Crippen molar-refractivity contribution < 1.29 is 39.3 Å². The van der Waals surface area contributed by atoms with E-state index >= 15 is 0 Å². The van der Waals surface area contributed by atoms with Crippen molar-refractivity contribution in [3.05, 3.63) is 0 Å². The average molecular weight is 410 g/mol. The zero-order chi connectivity index (χ0) is 15.1. The number of aliphatic carboxylic acids is 1. The Kier molecular flexibility index (Phi) is 15.6. The van der Waals surface area contributed by atoms with Crippen LogP contribution in [0.3, 0.4) is 0 Å². The summed E-state index contributed by atoms with van der Waals surface area (Å²) in [7, 11) is 0.